The number of nitrogen functional groups attached to an aromatic ring is 2. The molecule has 0 aliphatic heterocycles. The first-order valence-corrected chi connectivity index (χ1v) is 4.41. The Morgan fingerprint density at radius 3 is 2.46 bits per heavy atom. The van der Waals surface area contributed by atoms with Crippen LogP contribution in [-0.2, 0) is 6.42 Å². The fraction of sp³-hybridized carbons (Fsp3) is 0.273. The molecule has 2 nitrogen and oxygen atoms in total. The van der Waals surface area contributed by atoms with E-state index in [-0.39, 0.29) is 0 Å². The number of rotatable bonds is 2. The summed E-state index contributed by atoms with van der Waals surface area (Å²) in [6, 6.07) is 1.97. The third-order valence-corrected chi connectivity index (χ3v) is 2.33. The molecule has 0 bridgehead atoms. The molecule has 1 aromatic rings. The molecule has 0 fully saturated rings. The predicted octanol–water partition coefficient (Wildman–Crippen LogP) is 2.36. The van der Waals surface area contributed by atoms with Gasteiger partial charge >= 0.3 is 0 Å². The van der Waals surface area contributed by atoms with E-state index < -0.39 is 0 Å². The molecule has 0 saturated heterocycles. The Morgan fingerprint density at radius 1 is 1.38 bits per heavy atom. The van der Waals surface area contributed by atoms with E-state index in [2.05, 4.69) is 6.58 Å². The van der Waals surface area contributed by atoms with Crippen molar-refractivity contribution in [2.75, 3.05) is 11.5 Å². The highest BCUT2D eigenvalue weighted by Gasteiger charge is 2.07. The normalized spacial score (nSPS) is 10.0. The van der Waals surface area contributed by atoms with Crippen LogP contribution >= 0.6 is 0 Å². The summed E-state index contributed by atoms with van der Waals surface area (Å²) in [6.07, 6.45) is 2.63. The summed E-state index contributed by atoms with van der Waals surface area (Å²) < 4.78 is 0. The van der Waals surface area contributed by atoms with Gasteiger partial charge in [-0.1, -0.05) is 19.6 Å². The van der Waals surface area contributed by atoms with Gasteiger partial charge in [-0.15, -0.1) is 0 Å². The van der Waals surface area contributed by atoms with E-state index in [1.165, 1.54) is 0 Å². The largest absolute Gasteiger partial charge is 0.398 e. The minimum absolute atomic E-state index is 0.764. The fourth-order valence-corrected chi connectivity index (χ4v) is 1.50. The van der Waals surface area contributed by atoms with Crippen LogP contribution < -0.4 is 11.5 Å². The Hall–Kier alpha value is -1.44. The SMILES string of the molecule is C=Cc1cc(C)c(N)c(CC)c1N. The summed E-state index contributed by atoms with van der Waals surface area (Å²) in [5.41, 5.74) is 16.5. The van der Waals surface area contributed by atoms with Crippen LogP contribution in [0.1, 0.15) is 23.6 Å². The Kier molecular flexibility index (Phi) is 2.61. The molecule has 2 heteroatoms. The van der Waals surface area contributed by atoms with Gasteiger partial charge in [-0.2, -0.15) is 0 Å². The lowest BCUT2D eigenvalue weighted by atomic mass is 9.99. The number of nitrogens with two attached hydrogens (primary N) is 2. The summed E-state index contributed by atoms with van der Waals surface area (Å²) in [5, 5.41) is 0. The highest BCUT2D eigenvalue weighted by atomic mass is 14.6. The molecule has 0 radical (unpaired) electrons. The van der Waals surface area contributed by atoms with Crippen molar-refractivity contribution in [2.45, 2.75) is 20.3 Å². The maximum atomic E-state index is 5.92. The maximum Gasteiger partial charge on any atom is 0.0440 e. The first-order valence-electron chi connectivity index (χ1n) is 4.41. The monoisotopic (exact) mass is 176 g/mol. The van der Waals surface area contributed by atoms with Crippen LogP contribution in [0.15, 0.2) is 12.6 Å². The zero-order valence-corrected chi connectivity index (χ0v) is 8.22. The highest BCUT2D eigenvalue weighted by Crippen LogP contribution is 2.28. The van der Waals surface area contributed by atoms with E-state index in [4.69, 9.17) is 11.5 Å². The van der Waals surface area contributed by atoms with Crippen molar-refractivity contribution in [3.8, 4) is 0 Å². The Labute approximate surface area is 79.2 Å². The van der Waals surface area contributed by atoms with Gasteiger partial charge in [0, 0.05) is 11.4 Å². The zero-order valence-electron chi connectivity index (χ0n) is 8.22. The van der Waals surface area contributed by atoms with E-state index in [9.17, 15) is 0 Å². The number of hydrogen-bond donors (Lipinski definition) is 2. The second-order valence-corrected chi connectivity index (χ2v) is 3.15. The molecule has 0 amide bonds. The van der Waals surface area contributed by atoms with Crippen LogP contribution in [-0.4, -0.2) is 0 Å². The molecule has 0 saturated carbocycles. The van der Waals surface area contributed by atoms with Crippen LogP contribution in [0.4, 0.5) is 11.4 Å². The third kappa shape index (κ3) is 1.52. The summed E-state index contributed by atoms with van der Waals surface area (Å²) in [7, 11) is 0. The number of benzene rings is 1. The Balaban J connectivity index is 3.47. The van der Waals surface area contributed by atoms with Gasteiger partial charge in [-0.25, -0.2) is 0 Å². The minimum Gasteiger partial charge on any atom is -0.398 e. The van der Waals surface area contributed by atoms with Crippen molar-refractivity contribution in [1.82, 2.24) is 0 Å². The van der Waals surface area contributed by atoms with Gasteiger partial charge in [0.05, 0.1) is 0 Å². The molecule has 70 valence electrons. The molecule has 0 heterocycles. The standard InChI is InChI=1S/C11H16N2/c1-4-8-6-7(3)10(12)9(5-2)11(8)13/h4,6H,1,5,12-13H2,2-3H3. The van der Waals surface area contributed by atoms with Gasteiger partial charge in [0.15, 0.2) is 0 Å². The van der Waals surface area contributed by atoms with Gasteiger partial charge < -0.3 is 11.5 Å². The van der Waals surface area contributed by atoms with Crippen molar-refractivity contribution >= 4 is 17.5 Å². The third-order valence-electron chi connectivity index (χ3n) is 2.33. The van der Waals surface area contributed by atoms with E-state index in [1.54, 1.807) is 6.08 Å². The maximum absolute atomic E-state index is 5.92. The first kappa shape index (κ1) is 9.65. The fourth-order valence-electron chi connectivity index (χ4n) is 1.50. The molecule has 1 rings (SSSR count). The van der Waals surface area contributed by atoms with Gasteiger partial charge in [0.25, 0.3) is 0 Å². The predicted molar refractivity (Wildman–Crippen MR) is 59.5 cm³/mol. The van der Waals surface area contributed by atoms with Gasteiger partial charge in [0.2, 0.25) is 0 Å². The van der Waals surface area contributed by atoms with Crippen LogP contribution in [0.25, 0.3) is 6.08 Å². The van der Waals surface area contributed by atoms with Crippen molar-refractivity contribution in [3.63, 3.8) is 0 Å². The molecule has 1 aromatic carbocycles. The molecule has 13 heavy (non-hydrogen) atoms. The molecular weight excluding hydrogens is 160 g/mol. The topological polar surface area (TPSA) is 52.0 Å². The van der Waals surface area contributed by atoms with Crippen molar-refractivity contribution < 1.29 is 0 Å². The molecule has 4 N–H and O–H groups in total. The highest BCUT2D eigenvalue weighted by molar-refractivity contribution is 5.75. The van der Waals surface area contributed by atoms with Gasteiger partial charge in [-0.05, 0) is 36.1 Å². The average molecular weight is 176 g/mol. The number of anilines is 2. The van der Waals surface area contributed by atoms with Crippen LogP contribution in [0, 0.1) is 6.92 Å². The van der Waals surface area contributed by atoms with Crippen LogP contribution in [0.2, 0.25) is 0 Å². The smallest absolute Gasteiger partial charge is 0.0440 e. The van der Waals surface area contributed by atoms with Crippen molar-refractivity contribution in [1.29, 1.82) is 0 Å². The molecule has 0 aromatic heterocycles. The minimum atomic E-state index is 0.764. The lowest BCUT2D eigenvalue weighted by molar-refractivity contribution is 1.14. The lowest BCUT2D eigenvalue weighted by Gasteiger charge is -2.12. The second kappa shape index (κ2) is 3.52. The van der Waals surface area contributed by atoms with E-state index in [0.29, 0.717) is 0 Å². The first-order chi connectivity index (χ1) is 6.11. The number of hydrogen-bond acceptors (Lipinski definition) is 2. The van der Waals surface area contributed by atoms with Crippen LogP contribution in [0.5, 0.6) is 0 Å². The van der Waals surface area contributed by atoms with E-state index in [0.717, 1.165) is 34.5 Å². The second-order valence-electron chi connectivity index (χ2n) is 3.15. The Morgan fingerprint density at radius 2 is 2.00 bits per heavy atom. The molecular formula is C11H16N2. The van der Waals surface area contributed by atoms with Crippen molar-refractivity contribution in [2.24, 2.45) is 0 Å². The number of aryl methyl sites for hydroxylation is 1. The summed E-state index contributed by atoms with van der Waals surface area (Å²) in [5.74, 6) is 0. The van der Waals surface area contributed by atoms with Gasteiger partial charge in [-0.3, -0.25) is 0 Å². The molecule has 0 aliphatic carbocycles. The van der Waals surface area contributed by atoms with E-state index >= 15 is 0 Å². The molecule has 0 aliphatic rings. The van der Waals surface area contributed by atoms with E-state index in [1.807, 2.05) is 19.9 Å². The Bertz CT molecular complexity index is 340. The summed E-state index contributed by atoms with van der Waals surface area (Å²) >= 11 is 0. The molecule has 0 unspecified atom stereocenters. The van der Waals surface area contributed by atoms with Gasteiger partial charge in [0.1, 0.15) is 0 Å². The lowest BCUT2D eigenvalue weighted by Crippen LogP contribution is -2.03. The average Bonchev–Trinajstić information content (AvgIpc) is 2.12. The molecule has 0 spiro atoms. The summed E-state index contributed by atoms with van der Waals surface area (Å²) in [6.45, 7) is 7.75. The zero-order chi connectivity index (χ0) is 10.0. The molecule has 0 atom stereocenters. The van der Waals surface area contributed by atoms with Crippen molar-refractivity contribution in [3.05, 3.63) is 29.3 Å². The van der Waals surface area contributed by atoms with Crippen LogP contribution in [0.3, 0.4) is 0 Å². The quantitative estimate of drug-likeness (QED) is 0.680. The summed E-state index contributed by atoms with van der Waals surface area (Å²) in [4.78, 5) is 0.